The van der Waals surface area contributed by atoms with Crippen molar-refractivity contribution in [2.45, 2.75) is 26.8 Å². The SMILES string of the molecule is CCNC(=NCC(C)CN1CCOCC1)NCCCn1ccc2ccccc21.I. The minimum absolute atomic E-state index is 0. The summed E-state index contributed by atoms with van der Waals surface area (Å²) in [5, 5.41) is 8.15. The zero-order valence-electron chi connectivity index (χ0n) is 17.8. The van der Waals surface area contributed by atoms with Gasteiger partial charge in [0.25, 0.3) is 0 Å². The summed E-state index contributed by atoms with van der Waals surface area (Å²) < 4.78 is 7.75. The number of aliphatic imine (C=N–C) groups is 1. The second-order valence-electron chi connectivity index (χ2n) is 7.59. The Morgan fingerprint density at radius 1 is 1.17 bits per heavy atom. The molecule has 1 aromatic heterocycles. The molecule has 1 aliphatic rings. The fourth-order valence-corrected chi connectivity index (χ4v) is 3.66. The molecule has 1 aliphatic heterocycles. The number of aromatic nitrogens is 1. The normalized spacial score (nSPS) is 16.4. The number of guanidine groups is 1. The molecule has 2 aromatic rings. The fraction of sp³-hybridized carbons (Fsp3) is 0.591. The number of benzene rings is 1. The van der Waals surface area contributed by atoms with E-state index in [1.54, 1.807) is 0 Å². The van der Waals surface area contributed by atoms with Crippen molar-refractivity contribution >= 4 is 40.8 Å². The lowest BCUT2D eigenvalue weighted by Gasteiger charge is -2.28. The number of morpholine rings is 1. The van der Waals surface area contributed by atoms with Gasteiger partial charge in [-0.2, -0.15) is 0 Å². The minimum atomic E-state index is 0. The van der Waals surface area contributed by atoms with Crippen LogP contribution in [-0.4, -0.2) is 67.9 Å². The van der Waals surface area contributed by atoms with Gasteiger partial charge in [-0.1, -0.05) is 25.1 Å². The first-order valence-corrected chi connectivity index (χ1v) is 10.6. The van der Waals surface area contributed by atoms with Crippen LogP contribution < -0.4 is 10.6 Å². The molecule has 0 aliphatic carbocycles. The van der Waals surface area contributed by atoms with Crippen molar-refractivity contribution in [1.29, 1.82) is 0 Å². The molecule has 1 atom stereocenters. The Morgan fingerprint density at radius 3 is 2.76 bits per heavy atom. The third kappa shape index (κ3) is 7.79. The molecule has 6 nitrogen and oxygen atoms in total. The molecular weight excluding hydrogens is 477 g/mol. The van der Waals surface area contributed by atoms with E-state index in [0.29, 0.717) is 5.92 Å². The van der Waals surface area contributed by atoms with Crippen molar-refractivity contribution in [2.24, 2.45) is 10.9 Å². The first-order chi connectivity index (χ1) is 13.8. The molecule has 1 unspecified atom stereocenters. The Kier molecular flexibility index (Phi) is 10.8. The van der Waals surface area contributed by atoms with Crippen LogP contribution in [0.15, 0.2) is 41.5 Å². The molecule has 162 valence electrons. The standard InChI is InChI=1S/C22H35N5O.HI/c1-3-23-22(25-17-19(2)18-26-13-15-28-16-14-26)24-10-6-11-27-12-9-20-7-4-5-8-21(20)27;/h4-5,7-9,12,19H,3,6,10-11,13-18H2,1-2H3,(H2,23,24,25);1H. The lowest BCUT2D eigenvalue weighted by molar-refractivity contribution is 0.0323. The summed E-state index contributed by atoms with van der Waals surface area (Å²) in [5.74, 6) is 1.47. The molecule has 7 heteroatoms. The van der Waals surface area contributed by atoms with Gasteiger partial charge < -0.3 is 19.9 Å². The van der Waals surface area contributed by atoms with E-state index in [9.17, 15) is 0 Å². The maximum absolute atomic E-state index is 5.43. The van der Waals surface area contributed by atoms with Crippen LogP contribution in [0, 0.1) is 5.92 Å². The van der Waals surface area contributed by atoms with Gasteiger partial charge in [-0.3, -0.25) is 9.89 Å². The topological polar surface area (TPSA) is 53.8 Å². The van der Waals surface area contributed by atoms with Gasteiger partial charge in [0.05, 0.1) is 13.2 Å². The number of halogens is 1. The van der Waals surface area contributed by atoms with Gasteiger partial charge in [0.15, 0.2) is 5.96 Å². The predicted molar refractivity (Wildman–Crippen MR) is 132 cm³/mol. The third-order valence-corrected chi connectivity index (χ3v) is 5.13. The Bertz CT molecular complexity index is 742. The highest BCUT2D eigenvalue weighted by Crippen LogP contribution is 2.15. The van der Waals surface area contributed by atoms with Gasteiger partial charge in [0.2, 0.25) is 0 Å². The highest BCUT2D eigenvalue weighted by atomic mass is 127. The Morgan fingerprint density at radius 2 is 1.97 bits per heavy atom. The summed E-state index contributed by atoms with van der Waals surface area (Å²) in [6.07, 6.45) is 3.24. The summed E-state index contributed by atoms with van der Waals surface area (Å²) in [6.45, 7) is 12.9. The number of rotatable bonds is 9. The second-order valence-corrected chi connectivity index (χ2v) is 7.59. The van der Waals surface area contributed by atoms with Crippen molar-refractivity contribution < 1.29 is 4.74 Å². The zero-order chi connectivity index (χ0) is 19.6. The molecule has 0 radical (unpaired) electrons. The monoisotopic (exact) mass is 513 g/mol. The van der Waals surface area contributed by atoms with Crippen LogP contribution in [0.4, 0.5) is 0 Å². The van der Waals surface area contributed by atoms with Crippen molar-refractivity contribution in [1.82, 2.24) is 20.1 Å². The Labute approximate surface area is 192 Å². The number of hydrogen-bond acceptors (Lipinski definition) is 3. The van der Waals surface area contributed by atoms with Gasteiger partial charge >= 0.3 is 0 Å². The van der Waals surface area contributed by atoms with E-state index in [-0.39, 0.29) is 24.0 Å². The van der Waals surface area contributed by atoms with Crippen LogP contribution in [0.5, 0.6) is 0 Å². The molecular formula is C22H36IN5O. The molecule has 29 heavy (non-hydrogen) atoms. The Balaban J connectivity index is 0.00000300. The molecule has 0 amide bonds. The maximum atomic E-state index is 5.43. The Hall–Kier alpha value is -1.32. The smallest absolute Gasteiger partial charge is 0.191 e. The predicted octanol–water partition coefficient (Wildman–Crippen LogP) is 3.17. The van der Waals surface area contributed by atoms with E-state index in [4.69, 9.17) is 9.73 Å². The van der Waals surface area contributed by atoms with Crippen LogP contribution >= 0.6 is 24.0 Å². The quantitative estimate of drug-likeness (QED) is 0.234. The van der Waals surface area contributed by atoms with Crippen molar-refractivity contribution in [3.05, 3.63) is 36.5 Å². The highest BCUT2D eigenvalue weighted by molar-refractivity contribution is 14.0. The lowest BCUT2D eigenvalue weighted by Crippen LogP contribution is -2.40. The molecule has 1 aromatic carbocycles. The fourth-order valence-electron chi connectivity index (χ4n) is 3.66. The van der Waals surface area contributed by atoms with Crippen LogP contribution in [-0.2, 0) is 11.3 Å². The van der Waals surface area contributed by atoms with Crippen molar-refractivity contribution in [2.75, 3.05) is 52.5 Å². The molecule has 2 N–H and O–H groups in total. The van der Waals surface area contributed by atoms with E-state index in [0.717, 1.165) is 71.4 Å². The molecule has 0 bridgehead atoms. The molecule has 3 rings (SSSR count). The maximum Gasteiger partial charge on any atom is 0.191 e. The van der Waals surface area contributed by atoms with Crippen molar-refractivity contribution in [3.8, 4) is 0 Å². The number of hydrogen-bond donors (Lipinski definition) is 2. The van der Waals surface area contributed by atoms with Crippen LogP contribution in [0.1, 0.15) is 20.3 Å². The van der Waals surface area contributed by atoms with E-state index in [2.05, 4.69) is 70.5 Å². The highest BCUT2D eigenvalue weighted by Gasteiger charge is 2.13. The average molecular weight is 513 g/mol. The van der Waals surface area contributed by atoms with E-state index >= 15 is 0 Å². The number of para-hydroxylation sites is 1. The summed E-state index contributed by atoms with van der Waals surface area (Å²) in [5.41, 5.74) is 1.31. The van der Waals surface area contributed by atoms with Crippen molar-refractivity contribution in [3.63, 3.8) is 0 Å². The minimum Gasteiger partial charge on any atom is -0.379 e. The van der Waals surface area contributed by atoms with E-state index < -0.39 is 0 Å². The van der Waals surface area contributed by atoms with Crippen LogP contribution in [0.3, 0.4) is 0 Å². The lowest BCUT2D eigenvalue weighted by atomic mass is 10.1. The summed E-state index contributed by atoms with van der Waals surface area (Å²) in [4.78, 5) is 7.27. The van der Waals surface area contributed by atoms with Crippen LogP contribution in [0.2, 0.25) is 0 Å². The number of aryl methyl sites for hydroxylation is 1. The van der Waals surface area contributed by atoms with Crippen LogP contribution in [0.25, 0.3) is 10.9 Å². The molecule has 2 heterocycles. The van der Waals surface area contributed by atoms with Gasteiger partial charge in [0.1, 0.15) is 0 Å². The van der Waals surface area contributed by atoms with Gasteiger partial charge in [-0.15, -0.1) is 24.0 Å². The second kappa shape index (κ2) is 13.1. The van der Waals surface area contributed by atoms with E-state index in [1.165, 1.54) is 10.9 Å². The zero-order valence-corrected chi connectivity index (χ0v) is 20.1. The van der Waals surface area contributed by atoms with Gasteiger partial charge in [-0.05, 0) is 36.8 Å². The summed E-state index contributed by atoms with van der Waals surface area (Å²) in [7, 11) is 0. The first kappa shape index (κ1) is 24.0. The molecule has 0 spiro atoms. The third-order valence-electron chi connectivity index (χ3n) is 5.13. The number of fused-ring (bicyclic) bond motifs is 1. The first-order valence-electron chi connectivity index (χ1n) is 10.6. The number of nitrogens with one attached hydrogen (secondary N) is 2. The number of ether oxygens (including phenoxy) is 1. The molecule has 1 saturated heterocycles. The molecule has 0 saturated carbocycles. The largest absolute Gasteiger partial charge is 0.379 e. The summed E-state index contributed by atoms with van der Waals surface area (Å²) >= 11 is 0. The average Bonchev–Trinajstić information content (AvgIpc) is 3.13. The van der Waals surface area contributed by atoms with E-state index in [1.807, 2.05) is 0 Å². The summed E-state index contributed by atoms with van der Waals surface area (Å²) in [6, 6.07) is 10.7. The van der Waals surface area contributed by atoms with Gasteiger partial charge in [-0.25, -0.2) is 0 Å². The van der Waals surface area contributed by atoms with Gasteiger partial charge in [0, 0.05) is 57.5 Å². The molecule has 1 fully saturated rings. The number of nitrogens with zero attached hydrogens (tertiary/aromatic N) is 3.